The van der Waals surface area contributed by atoms with E-state index in [9.17, 15) is 9.18 Å². The molecule has 20 heavy (non-hydrogen) atoms. The molecule has 1 amide bonds. The van der Waals surface area contributed by atoms with Crippen molar-refractivity contribution < 1.29 is 9.18 Å². The molecule has 0 saturated carbocycles. The maximum absolute atomic E-state index is 13.2. The van der Waals surface area contributed by atoms with Gasteiger partial charge in [-0.15, -0.1) is 0 Å². The van der Waals surface area contributed by atoms with E-state index in [0.29, 0.717) is 5.69 Å². The Kier molecular flexibility index (Phi) is 4.03. The summed E-state index contributed by atoms with van der Waals surface area (Å²) >= 11 is 0. The van der Waals surface area contributed by atoms with Gasteiger partial charge in [0.2, 0.25) is 5.91 Å². The lowest BCUT2D eigenvalue weighted by atomic mass is 10.0. The van der Waals surface area contributed by atoms with E-state index in [1.807, 2.05) is 32.0 Å². The normalized spacial score (nSPS) is 11.9. The number of benzene rings is 2. The first-order valence-corrected chi connectivity index (χ1v) is 6.36. The van der Waals surface area contributed by atoms with Gasteiger partial charge in [0.15, 0.2) is 0 Å². The summed E-state index contributed by atoms with van der Waals surface area (Å²) in [6.07, 6.45) is 0. The quantitative estimate of drug-likeness (QED) is 0.898. The van der Waals surface area contributed by atoms with Crippen molar-refractivity contribution >= 4 is 11.6 Å². The highest BCUT2D eigenvalue weighted by molar-refractivity contribution is 5.84. The van der Waals surface area contributed by atoms with Crippen molar-refractivity contribution in [3.63, 3.8) is 0 Å². The minimum Gasteiger partial charge on any atom is -0.370 e. The minimum absolute atomic E-state index is 0.363. The van der Waals surface area contributed by atoms with Crippen molar-refractivity contribution in [2.45, 2.75) is 19.9 Å². The van der Waals surface area contributed by atoms with E-state index in [0.717, 1.165) is 16.7 Å². The Labute approximate surface area is 117 Å². The van der Waals surface area contributed by atoms with Gasteiger partial charge in [-0.2, -0.15) is 0 Å². The van der Waals surface area contributed by atoms with Gasteiger partial charge in [-0.05, 0) is 48.7 Å². The number of anilines is 1. The van der Waals surface area contributed by atoms with Crippen molar-refractivity contribution in [1.82, 2.24) is 0 Å². The van der Waals surface area contributed by atoms with Crippen LogP contribution in [0.1, 0.15) is 22.7 Å². The van der Waals surface area contributed by atoms with Gasteiger partial charge in [-0.1, -0.05) is 24.3 Å². The zero-order valence-corrected chi connectivity index (χ0v) is 11.5. The summed E-state index contributed by atoms with van der Waals surface area (Å²) in [6.45, 7) is 3.97. The Hall–Kier alpha value is -2.36. The van der Waals surface area contributed by atoms with Crippen molar-refractivity contribution in [2.75, 3.05) is 5.32 Å². The molecular weight excluding hydrogens is 255 g/mol. The molecule has 2 rings (SSSR count). The molecule has 3 N–H and O–H groups in total. The Bertz CT molecular complexity index is 640. The van der Waals surface area contributed by atoms with Gasteiger partial charge in [0.1, 0.15) is 11.9 Å². The molecule has 2 aromatic carbocycles. The molecule has 0 aromatic heterocycles. The first-order chi connectivity index (χ1) is 9.47. The number of hydrogen-bond acceptors (Lipinski definition) is 2. The van der Waals surface area contributed by atoms with Gasteiger partial charge in [0, 0.05) is 5.69 Å². The fourth-order valence-corrected chi connectivity index (χ4v) is 2.01. The first kappa shape index (κ1) is 14.1. The molecule has 0 aliphatic heterocycles. The van der Waals surface area contributed by atoms with E-state index in [4.69, 9.17) is 5.73 Å². The zero-order valence-electron chi connectivity index (χ0n) is 11.5. The Morgan fingerprint density at radius 3 is 2.50 bits per heavy atom. The molecular formula is C16H17FN2O. The molecule has 0 heterocycles. The van der Waals surface area contributed by atoms with Crippen molar-refractivity contribution in [3.05, 3.63) is 65.0 Å². The number of amides is 1. The highest BCUT2D eigenvalue weighted by Gasteiger charge is 2.18. The zero-order chi connectivity index (χ0) is 14.7. The van der Waals surface area contributed by atoms with Crippen LogP contribution in [0.5, 0.6) is 0 Å². The Morgan fingerprint density at radius 2 is 1.90 bits per heavy atom. The molecule has 0 aliphatic carbocycles. The summed E-state index contributed by atoms with van der Waals surface area (Å²) in [5, 5.41) is 2.97. The molecule has 4 heteroatoms. The second kappa shape index (κ2) is 5.74. The van der Waals surface area contributed by atoms with Gasteiger partial charge >= 0.3 is 0 Å². The molecule has 0 saturated heterocycles. The van der Waals surface area contributed by atoms with Gasteiger partial charge in [0.25, 0.3) is 0 Å². The average molecular weight is 272 g/mol. The van der Waals surface area contributed by atoms with Crippen molar-refractivity contribution in [2.24, 2.45) is 5.73 Å². The predicted octanol–water partition coefficient (Wildman–Crippen LogP) is 3.08. The second-order valence-corrected chi connectivity index (χ2v) is 4.83. The summed E-state index contributed by atoms with van der Waals surface area (Å²) < 4.78 is 13.2. The van der Waals surface area contributed by atoms with Crippen LogP contribution in [-0.2, 0) is 4.79 Å². The number of nitrogens with two attached hydrogens (primary N) is 1. The van der Waals surface area contributed by atoms with Gasteiger partial charge in [-0.3, -0.25) is 4.79 Å². The topological polar surface area (TPSA) is 55.1 Å². The third kappa shape index (κ3) is 3.15. The van der Waals surface area contributed by atoms with Crippen LogP contribution in [0.3, 0.4) is 0 Å². The molecule has 0 fully saturated rings. The van der Waals surface area contributed by atoms with Crippen molar-refractivity contribution in [3.8, 4) is 0 Å². The number of hydrogen-bond donors (Lipinski definition) is 2. The van der Waals surface area contributed by atoms with E-state index < -0.39 is 11.9 Å². The van der Waals surface area contributed by atoms with Gasteiger partial charge < -0.3 is 11.1 Å². The lowest BCUT2D eigenvalue weighted by Gasteiger charge is -2.18. The SMILES string of the molecule is Cc1ccc(C(Nc2cccc(F)c2)C(N)=O)cc1C. The van der Waals surface area contributed by atoms with E-state index in [1.165, 1.54) is 12.1 Å². The smallest absolute Gasteiger partial charge is 0.244 e. The maximum atomic E-state index is 13.2. The van der Waals surface area contributed by atoms with Crippen LogP contribution < -0.4 is 11.1 Å². The summed E-state index contributed by atoms with van der Waals surface area (Å²) in [7, 11) is 0. The van der Waals surface area contributed by atoms with Crippen LogP contribution in [0.2, 0.25) is 0 Å². The fourth-order valence-electron chi connectivity index (χ4n) is 2.01. The monoisotopic (exact) mass is 272 g/mol. The summed E-state index contributed by atoms with van der Waals surface area (Å²) in [4.78, 5) is 11.7. The number of rotatable bonds is 4. The standard InChI is InChI=1S/C16H17FN2O/c1-10-6-7-12(8-11(10)2)15(16(18)20)19-14-5-3-4-13(17)9-14/h3-9,15,19H,1-2H3,(H2,18,20). The molecule has 0 radical (unpaired) electrons. The van der Waals surface area contributed by atoms with Crippen LogP contribution in [0, 0.1) is 19.7 Å². The summed E-state index contributed by atoms with van der Waals surface area (Å²) in [5.41, 5.74) is 8.96. The van der Waals surface area contributed by atoms with E-state index >= 15 is 0 Å². The van der Waals surface area contributed by atoms with Crippen LogP contribution in [0.25, 0.3) is 0 Å². The number of carbonyl (C=O) groups is 1. The van der Waals surface area contributed by atoms with Gasteiger partial charge in [0.05, 0.1) is 0 Å². The highest BCUT2D eigenvalue weighted by atomic mass is 19.1. The predicted molar refractivity (Wildman–Crippen MR) is 77.9 cm³/mol. The Balaban J connectivity index is 2.32. The second-order valence-electron chi connectivity index (χ2n) is 4.83. The maximum Gasteiger partial charge on any atom is 0.244 e. The molecule has 0 spiro atoms. The molecule has 1 atom stereocenters. The minimum atomic E-state index is -0.684. The van der Waals surface area contributed by atoms with Crippen LogP contribution >= 0.6 is 0 Å². The molecule has 3 nitrogen and oxygen atoms in total. The number of carbonyl (C=O) groups excluding carboxylic acids is 1. The number of aryl methyl sites for hydroxylation is 2. The third-order valence-corrected chi connectivity index (χ3v) is 3.28. The molecule has 0 bridgehead atoms. The number of primary amides is 1. The van der Waals surface area contributed by atoms with Crippen LogP contribution in [-0.4, -0.2) is 5.91 Å². The summed E-state index contributed by atoms with van der Waals surface area (Å²) in [5.74, 6) is -0.865. The molecule has 0 aliphatic rings. The molecule has 1 unspecified atom stereocenters. The largest absolute Gasteiger partial charge is 0.370 e. The fraction of sp³-hybridized carbons (Fsp3) is 0.188. The van der Waals surface area contributed by atoms with E-state index in [1.54, 1.807) is 12.1 Å². The van der Waals surface area contributed by atoms with Crippen molar-refractivity contribution in [1.29, 1.82) is 0 Å². The molecule has 2 aromatic rings. The van der Waals surface area contributed by atoms with E-state index in [-0.39, 0.29) is 5.82 Å². The summed E-state index contributed by atoms with van der Waals surface area (Å²) in [6, 6.07) is 11.0. The van der Waals surface area contributed by atoms with Crippen LogP contribution in [0.4, 0.5) is 10.1 Å². The number of halogens is 1. The first-order valence-electron chi connectivity index (χ1n) is 6.36. The van der Waals surface area contributed by atoms with E-state index in [2.05, 4.69) is 5.32 Å². The molecule has 104 valence electrons. The lowest BCUT2D eigenvalue weighted by molar-refractivity contribution is -0.118. The average Bonchev–Trinajstić information content (AvgIpc) is 2.39. The number of nitrogens with one attached hydrogen (secondary N) is 1. The van der Waals surface area contributed by atoms with Gasteiger partial charge in [-0.25, -0.2) is 4.39 Å². The lowest BCUT2D eigenvalue weighted by Crippen LogP contribution is -2.27. The van der Waals surface area contributed by atoms with Crippen LogP contribution in [0.15, 0.2) is 42.5 Å². The highest BCUT2D eigenvalue weighted by Crippen LogP contribution is 2.22. The third-order valence-electron chi connectivity index (χ3n) is 3.28. The Morgan fingerprint density at radius 1 is 1.15 bits per heavy atom.